The van der Waals surface area contributed by atoms with E-state index in [0.29, 0.717) is 18.8 Å². The Morgan fingerprint density at radius 1 is 1.25 bits per heavy atom. The van der Waals surface area contributed by atoms with Crippen LogP contribution in [0.15, 0.2) is 35.8 Å². The van der Waals surface area contributed by atoms with Crippen LogP contribution in [-0.2, 0) is 10.2 Å². The summed E-state index contributed by atoms with van der Waals surface area (Å²) in [7, 11) is -3.73. The predicted octanol–water partition coefficient (Wildman–Crippen LogP) is 1.19. The number of hydrogen-bond acceptors (Lipinski definition) is 5. The molecular formula is C15H17N5O3S. The number of anilines is 1. The lowest BCUT2D eigenvalue weighted by atomic mass is 10.1. The van der Waals surface area contributed by atoms with Gasteiger partial charge in [0, 0.05) is 30.5 Å². The van der Waals surface area contributed by atoms with Crippen LogP contribution in [0.1, 0.15) is 21.5 Å². The van der Waals surface area contributed by atoms with E-state index in [4.69, 9.17) is 0 Å². The Morgan fingerprint density at radius 2 is 1.96 bits per heavy atom. The first kappa shape index (κ1) is 16.2. The topological polar surface area (TPSA) is 96.7 Å². The highest BCUT2D eigenvalue weighted by atomic mass is 32.2. The number of rotatable bonds is 4. The number of carbonyl (C=O) groups is 1. The summed E-state index contributed by atoms with van der Waals surface area (Å²) in [6.45, 7) is 4.43. The molecule has 8 nitrogen and oxygen atoms in total. The van der Waals surface area contributed by atoms with Crippen molar-refractivity contribution in [1.29, 1.82) is 0 Å². The molecule has 1 aliphatic rings. The summed E-state index contributed by atoms with van der Waals surface area (Å²) in [6, 6.07) is 1.46. The van der Waals surface area contributed by atoms with E-state index in [1.165, 1.54) is 24.8 Å². The van der Waals surface area contributed by atoms with Gasteiger partial charge >= 0.3 is 10.2 Å². The number of aromatic nitrogens is 2. The maximum Gasteiger partial charge on any atom is 0.330 e. The number of aryl methyl sites for hydroxylation is 2. The van der Waals surface area contributed by atoms with Crippen molar-refractivity contribution in [2.45, 2.75) is 13.8 Å². The van der Waals surface area contributed by atoms with Crippen LogP contribution in [0.4, 0.5) is 5.69 Å². The van der Waals surface area contributed by atoms with E-state index >= 15 is 0 Å². The van der Waals surface area contributed by atoms with Gasteiger partial charge < -0.3 is 5.32 Å². The molecule has 9 heteroatoms. The predicted molar refractivity (Wildman–Crippen MR) is 90.5 cm³/mol. The zero-order valence-corrected chi connectivity index (χ0v) is 14.1. The minimum Gasteiger partial charge on any atom is -0.321 e. The van der Waals surface area contributed by atoms with Gasteiger partial charge in [-0.25, -0.2) is 8.28 Å². The van der Waals surface area contributed by atoms with Gasteiger partial charge in [0.05, 0.1) is 18.7 Å². The van der Waals surface area contributed by atoms with Gasteiger partial charge in [0.2, 0.25) is 0 Å². The molecule has 0 radical (unpaired) electrons. The van der Waals surface area contributed by atoms with E-state index in [-0.39, 0.29) is 11.5 Å². The Balaban J connectivity index is 1.83. The van der Waals surface area contributed by atoms with Gasteiger partial charge in [-0.3, -0.25) is 14.8 Å². The van der Waals surface area contributed by atoms with Crippen LogP contribution in [-0.4, -0.2) is 47.0 Å². The van der Waals surface area contributed by atoms with Crippen molar-refractivity contribution in [2.24, 2.45) is 4.99 Å². The minimum absolute atomic E-state index is 0.255. The smallest absolute Gasteiger partial charge is 0.321 e. The number of nitrogens with one attached hydrogen (secondary N) is 1. The average Bonchev–Trinajstić information content (AvgIpc) is 3.22. The van der Waals surface area contributed by atoms with Gasteiger partial charge in [0.25, 0.3) is 5.91 Å². The highest BCUT2D eigenvalue weighted by Crippen LogP contribution is 2.19. The molecule has 1 aliphatic heterocycles. The summed E-state index contributed by atoms with van der Waals surface area (Å²) in [6.07, 6.45) is 7.25. The second-order valence-electron chi connectivity index (χ2n) is 5.47. The van der Waals surface area contributed by atoms with Crippen molar-refractivity contribution in [1.82, 2.24) is 13.3 Å². The second kappa shape index (κ2) is 6.08. The zero-order valence-electron chi connectivity index (χ0n) is 13.3. The van der Waals surface area contributed by atoms with E-state index in [1.54, 1.807) is 12.4 Å². The maximum absolute atomic E-state index is 12.4. The monoisotopic (exact) mass is 347 g/mol. The summed E-state index contributed by atoms with van der Waals surface area (Å²) in [5, 5.41) is 2.80. The van der Waals surface area contributed by atoms with Crippen LogP contribution in [0.2, 0.25) is 0 Å². The Bertz CT molecular complexity index is 897. The lowest BCUT2D eigenvalue weighted by Gasteiger charge is -2.14. The highest BCUT2D eigenvalue weighted by molar-refractivity contribution is 7.88. The Kier molecular flexibility index (Phi) is 4.10. The molecule has 0 unspecified atom stereocenters. The molecule has 0 aromatic carbocycles. The second-order valence-corrected chi connectivity index (χ2v) is 7.26. The molecule has 24 heavy (non-hydrogen) atoms. The molecule has 3 rings (SSSR count). The normalized spacial score (nSPS) is 14.2. The Hall–Kier alpha value is -2.68. The molecule has 0 atom stereocenters. The molecule has 2 aromatic heterocycles. The molecule has 0 saturated carbocycles. The largest absolute Gasteiger partial charge is 0.330 e. The summed E-state index contributed by atoms with van der Waals surface area (Å²) in [5.41, 5.74) is 2.61. The van der Waals surface area contributed by atoms with Crippen LogP contribution in [0.3, 0.4) is 0 Å². The third-order valence-corrected chi connectivity index (χ3v) is 5.35. The molecule has 0 aliphatic carbocycles. The van der Waals surface area contributed by atoms with E-state index in [9.17, 15) is 13.2 Å². The molecule has 0 bridgehead atoms. The third-order valence-electron chi connectivity index (χ3n) is 3.72. The Labute approximate surface area is 140 Å². The van der Waals surface area contributed by atoms with Crippen LogP contribution >= 0.6 is 0 Å². The van der Waals surface area contributed by atoms with Gasteiger partial charge in [-0.05, 0) is 31.0 Å². The fraction of sp³-hybridized carbons (Fsp3) is 0.267. The first-order valence-corrected chi connectivity index (χ1v) is 8.72. The van der Waals surface area contributed by atoms with E-state index in [1.807, 2.05) is 13.8 Å². The molecule has 0 saturated heterocycles. The molecule has 2 aromatic rings. The van der Waals surface area contributed by atoms with Gasteiger partial charge in [-0.1, -0.05) is 0 Å². The molecular weight excluding hydrogens is 330 g/mol. The fourth-order valence-electron chi connectivity index (χ4n) is 2.40. The van der Waals surface area contributed by atoms with Crippen LogP contribution < -0.4 is 5.32 Å². The minimum atomic E-state index is -3.73. The van der Waals surface area contributed by atoms with Gasteiger partial charge in [0.1, 0.15) is 6.34 Å². The van der Waals surface area contributed by atoms with Crippen molar-refractivity contribution >= 4 is 28.1 Å². The summed E-state index contributed by atoms with van der Waals surface area (Å²) in [4.78, 5) is 20.3. The van der Waals surface area contributed by atoms with Crippen molar-refractivity contribution in [3.63, 3.8) is 0 Å². The number of nitrogens with zero attached hydrogens (tertiary/aromatic N) is 4. The lowest BCUT2D eigenvalue weighted by Crippen LogP contribution is -2.32. The first-order chi connectivity index (χ1) is 11.4. The highest BCUT2D eigenvalue weighted by Gasteiger charge is 2.24. The third kappa shape index (κ3) is 2.90. The number of amides is 1. The van der Waals surface area contributed by atoms with E-state index in [2.05, 4.69) is 15.3 Å². The van der Waals surface area contributed by atoms with Crippen molar-refractivity contribution < 1.29 is 13.2 Å². The quantitative estimate of drug-likeness (QED) is 0.898. The SMILES string of the molecule is Cc1cncc(C)c1NC(=O)c1ccn(S(=O)(=O)N2C=NCC2)c1. The van der Waals surface area contributed by atoms with E-state index in [0.717, 1.165) is 19.4 Å². The maximum atomic E-state index is 12.4. The molecule has 1 amide bonds. The van der Waals surface area contributed by atoms with Crippen LogP contribution in [0, 0.1) is 13.8 Å². The van der Waals surface area contributed by atoms with Crippen molar-refractivity contribution in [3.8, 4) is 0 Å². The molecule has 1 N–H and O–H groups in total. The van der Waals surface area contributed by atoms with Gasteiger partial charge in [-0.2, -0.15) is 8.42 Å². The zero-order chi connectivity index (χ0) is 17.3. The average molecular weight is 347 g/mol. The number of pyridine rings is 1. The van der Waals surface area contributed by atoms with Gasteiger partial charge in [-0.15, -0.1) is 0 Å². The standard InChI is InChI=1S/C15H17N5O3S/c1-11-7-17-8-12(2)14(11)18-15(21)13-3-5-19(9-13)24(22,23)20-6-4-16-10-20/h3,5,7-10H,4,6H2,1-2H3,(H,17,18,21). The van der Waals surface area contributed by atoms with Crippen LogP contribution in [0.25, 0.3) is 0 Å². The van der Waals surface area contributed by atoms with Crippen LogP contribution in [0.5, 0.6) is 0 Å². The summed E-state index contributed by atoms with van der Waals surface area (Å²) in [5.74, 6) is -0.378. The van der Waals surface area contributed by atoms with Crippen molar-refractivity contribution in [3.05, 3.63) is 47.5 Å². The van der Waals surface area contributed by atoms with Crippen molar-refractivity contribution in [2.75, 3.05) is 18.4 Å². The first-order valence-electron chi connectivity index (χ1n) is 7.32. The molecule has 3 heterocycles. The number of carbonyl (C=O) groups excluding carboxylic acids is 1. The lowest BCUT2D eigenvalue weighted by molar-refractivity contribution is 0.102. The summed E-state index contributed by atoms with van der Waals surface area (Å²) >= 11 is 0. The Morgan fingerprint density at radius 3 is 2.58 bits per heavy atom. The van der Waals surface area contributed by atoms with E-state index < -0.39 is 10.2 Å². The summed E-state index contributed by atoms with van der Waals surface area (Å²) < 4.78 is 27.0. The fourth-order valence-corrected chi connectivity index (χ4v) is 3.60. The van der Waals surface area contributed by atoms with Gasteiger partial charge in [0.15, 0.2) is 0 Å². The molecule has 126 valence electrons. The number of aliphatic imine (C=N–C) groups is 1. The number of hydrogen-bond donors (Lipinski definition) is 1. The molecule has 0 spiro atoms. The molecule has 0 fully saturated rings.